The number of fused-ring (bicyclic) bond motifs is 1. The van der Waals surface area contributed by atoms with Crippen LogP contribution in [0.5, 0.6) is 0 Å². The van der Waals surface area contributed by atoms with Gasteiger partial charge in [-0.3, -0.25) is 9.69 Å². The summed E-state index contributed by atoms with van der Waals surface area (Å²) < 4.78 is 16.5. The molecule has 1 aromatic carbocycles. The number of esters is 1. The number of anilines is 1. The third-order valence-corrected chi connectivity index (χ3v) is 6.50. The summed E-state index contributed by atoms with van der Waals surface area (Å²) in [4.78, 5) is 35.7. The van der Waals surface area contributed by atoms with Gasteiger partial charge in [-0.25, -0.2) is 9.78 Å². The van der Waals surface area contributed by atoms with Crippen LogP contribution in [0.2, 0.25) is 0 Å². The number of morpholine rings is 1. The monoisotopic (exact) mass is 502 g/mol. The Balaban J connectivity index is 1.36. The molecule has 192 valence electrons. The van der Waals surface area contributed by atoms with Crippen molar-refractivity contribution in [3.63, 3.8) is 0 Å². The number of hydrogen-bond donors (Lipinski definition) is 2. The maximum atomic E-state index is 13.2. The summed E-state index contributed by atoms with van der Waals surface area (Å²) in [7, 11) is 0. The molecule has 0 radical (unpaired) electrons. The van der Waals surface area contributed by atoms with Gasteiger partial charge in [-0.15, -0.1) is 0 Å². The number of ketones is 1. The maximum absolute atomic E-state index is 13.2. The number of pyridine rings is 1. The summed E-state index contributed by atoms with van der Waals surface area (Å²) in [6.07, 6.45) is 5.97. The third kappa shape index (κ3) is 5.42. The number of rotatable bonds is 8. The minimum atomic E-state index is -0.723. The molecule has 0 amide bonds. The molecule has 0 bridgehead atoms. The first-order valence-electron chi connectivity index (χ1n) is 12.5. The van der Waals surface area contributed by atoms with Crippen molar-refractivity contribution in [3.8, 4) is 0 Å². The zero-order chi connectivity index (χ0) is 25.8. The minimum Gasteiger partial charge on any atom is -0.462 e. The van der Waals surface area contributed by atoms with E-state index in [0.717, 1.165) is 61.5 Å². The number of ether oxygens (including phenoxy) is 3. The Bertz CT molecular complexity index is 1380. The van der Waals surface area contributed by atoms with Gasteiger partial charge in [-0.05, 0) is 55.7 Å². The first kappa shape index (κ1) is 24.7. The Morgan fingerprint density at radius 1 is 1.27 bits per heavy atom. The number of hydrogen-bond acceptors (Lipinski definition) is 8. The molecule has 37 heavy (non-hydrogen) atoms. The fourth-order valence-electron chi connectivity index (χ4n) is 4.50. The largest absolute Gasteiger partial charge is 0.462 e. The zero-order valence-electron chi connectivity index (χ0n) is 21.0. The lowest BCUT2D eigenvalue weighted by molar-refractivity contribution is -0.139. The summed E-state index contributed by atoms with van der Waals surface area (Å²) in [5.41, 5.74) is 4.22. The average molecular weight is 503 g/mol. The number of carbonyl (C=O) groups is 2. The highest BCUT2D eigenvalue weighted by atomic mass is 16.5. The SMILES string of the molecule is CCOC(=O)C1=C(Nc2ccc(CCN3CCOCC3)cc2C)O/C(=C\c2c[nH]c3ncccc23)C1=O. The van der Waals surface area contributed by atoms with Crippen LogP contribution in [0.3, 0.4) is 0 Å². The van der Waals surface area contributed by atoms with E-state index in [4.69, 9.17) is 14.2 Å². The molecule has 2 aromatic heterocycles. The van der Waals surface area contributed by atoms with Gasteiger partial charge in [0, 0.05) is 48.7 Å². The van der Waals surface area contributed by atoms with Crippen molar-refractivity contribution in [1.82, 2.24) is 14.9 Å². The molecule has 0 saturated carbocycles. The molecule has 9 nitrogen and oxygen atoms in total. The molecule has 1 saturated heterocycles. The number of Topliss-reactive ketones (excluding diaryl/α,β-unsaturated/α-hetero) is 1. The normalized spacial score (nSPS) is 17.5. The van der Waals surface area contributed by atoms with Crippen LogP contribution < -0.4 is 5.32 Å². The second kappa shape index (κ2) is 11.0. The quantitative estimate of drug-likeness (QED) is 0.274. The summed E-state index contributed by atoms with van der Waals surface area (Å²) in [5, 5.41) is 4.00. The van der Waals surface area contributed by atoms with Crippen LogP contribution in [0.25, 0.3) is 17.1 Å². The molecule has 3 aromatic rings. The first-order chi connectivity index (χ1) is 18.0. The molecule has 2 aliphatic heterocycles. The smallest absolute Gasteiger partial charge is 0.347 e. The summed E-state index contributed by atoms with van der Waals surface area (Å²) in [5.74, 6) is -1.15. The van der Waals surface area contributed by atoms with Crippen molar-refractivity contribution in [2.45, 2.75) is 20.3 Å². The fraction of sp³-hybridized carbons (Fsp3) is 0.321. The number of aryl methyl sites for hydroxylation is 1. The topological polar surface area (TPSA) is 106 Å². The van der Waals surface area contributed by atoms with Gasteiger partial charge in [0.1, 0.15) is 5.65 Å². The molecule has 0 atom stereocenters. The number of H-pyrrole nitrogens is 1. The Labute approximate surface area is 215 Å². The second-order valence-electron chi connectivity index (χ2n) is 8.99. The lowest BCUT2D eigenvalue weighted by Crippen LogP contribution is -2.37. The molecule has 2 N–H and O–H groups in total. The van der Waals surface area contributed by atoms with Crippen LogP contribution in [-0.2, 0) is 30.2 Å². The highest BCUT2D eigenvalue weighted by Gasteiger charge is 2.37. The highest BCUT2D eigenvalue weighted by Crippen LogP contribution is 2.31. The predicted molar refractivity (Wildman–Crippen MR) is 140 cm³/mol. The predicted octanol–water partition coefficient (Wildman–Crippen LogP) is 3.57. The number of nitrogens with zero attached hydrogens (tertiary/aromatic N) is 2. The van der Waals surface area contributed by atoms with E-state index in [2.05, 4.69) is 26.3 Å². The van der Waals surface area contributed by atoms with Crippen LogP contribution in [0.15, 0.2) is 59.9 Å². The maximum Gasteiger partial charge on any atom is 0.347 e. The van der Waals surface area contributed by atoms with Crippen LogP contribution in [-0.4, -0.2) is 66.1 Å². The Kier molecular flexibility index (Phi) is 7.34. The van der Waals surface area contributed by atoms with Gasteiger partial charge in [-0.2, -0.15) is 0 Å². The zero-order valence-corrected chi connectivity index (χ0v) is 21.0. The molecular weight excluding hydrogens is 472 g/mol. The van der Waals surface area contributed by atoms with Gasteiger partial charge in [-0.1, -0.05) is 12.1 Å². The van der Waals surface area contributed by atoms with Gasteiger partial charge in [0.05, 0.1) is 19.8 Å². The molecule has 2 aliphatic rings. The summed E-state index contributed by atoms with van der Waals surface area (Å²) in [6.45, 7) is 8.28. The number of nitrogens with one attached hydrogen (secondary N) is 2. The van der Waals surface area contributed by atoms with Crippen molar-refractivity contribution in [3.05, 3.63) is 76.6 Å². The Morgan fingerprint density at radius 2 is 2.11 bits per heavy atom. The van der Waals surface area contributed by atoms with E-state index in [1.54, 1.807) is 25.4 Å². The molecule has 0 aliphatic carbocycles. The van der Waals surface area contributed by atoms with Crippen LogP contribution in [0, 0.1) is 6.92 Å². The van der Waals surface area contributed by atoms with Gasteiger partial charge in [0.15, 0.2) is 11.3 Å². The Morgan fingerprint density at radius 3 is 2.89 bits per heavy atom. The number of aromatic amines is 1. The van der Waals surface area contributed by atoms with E-state index in [1.165, 1.54) is 5.56 Å². The second-order valence-corrected chi connectivity index (χ2v) is 8.99. The van der Waals surface area contributed by atoms with E-state index in [-0.39, 0.29) is 23.8 Å². The van der Waals surface area contributed by atoms with Crippen molar-refractivity contribution in [1.29, 1.82) is 0 Å². The molecule has 0 spiro atoms. The number of aromatic nitrogens is 2. The summed E-state index contributed by atoms with van der Waals surface area (Å²) >= 11 is 0. The van der Waals surface area contributed by atoms with Crippen LogP contribution >= 0.6 is 0 Å². The molecule has 9 heteroatoms. The van der Waals surface area contributed by atoms with E-state index in [0.29, 0.717) is 5.65 Å². The van der Waals surface area contributed by atoms with Gasteiger partial charge < -0.3 is 24.5 Å². The lowest BCUT2D eigenvalue weighted by atomic mass is 10.1. The fourth-order valence-corrected chi connectivity index (χ4v) is 4.50. The summed E-state index contributed by atoms with van der Waals surface area (Å²) in [6, 6.07) is 9.82. The lowest BCUT2D eigenvalue weighted by Gasteiger charge is -2.26. The van der Waals surface area contributed by atoms with E-state index < -0.39 is 11.8 Å². The standard InChI is InChI=1S/C28H30N4O5/c1-3-36-28(34)24-25(33)23(16-20-17-30-26-21(20)5-4-9-29-26)37-27(24)31-22-7-6-19(15-18(22)2)8-10-32-11-13-35-14-12-32/h4-7,9,15-17,31H,3,8,10-14H2,1-2H3,(H,29,30)/b23-16-. The number of carbonyl (C=O) groups excluding carboxylic acids is 2. The first-order valence-corrected chi connectivity index (χ1v) is 12.5. The van der Waals surface area contributed by atoms with E-state index >= 15 is 0 Å². The van der Waals surface area contributed by atoms with Crippen molar-refractivity contribution < 1.29 is 23.8 Å². The van der Waals surface area contributed by atoms with Crippen molar-refractivity contribution in [2.75, 3.05) is 44.8 Å². The highest BCUT2D eigenvalue weighted by molar-refractivity contribution is 6.26. The van der Waals surface area contributed by atoms with Gasteiger partial charge in [0.25, 0.3) is 0 Å². The average Bonchev–Trinajstić information content (AvgIpc) is 3.45. The van der Waals surface area contributed by atoms with Gasteiger partial charge >= 0.3 is 5.97 Å². The van der Waals surface area contributed by atoms with E-state index in [9.17, 15) is 9.59 Å². The van der Waals surface area contributed by atoms with Crippen LogP contribution in [0.1, 0.15) is 23.6 Å². The van der Waals surface area contributed by atoms with Crippen molar-refractivity contribution in [2.24, 2.45) is 0 Å². The molecular formula is C28H30N4O5. The molecule has 1 fully saturated rings. The van der Waals surface area contributed by atoms with Crippen LogP contribution in [0.4, 0.5) is 5.69 Å². The molecule has 5 rings (SSSR count). The van der Waals surface area contributed by atoms with Gasteiger partial charge in [0.2, 0.25) is 11.7 Å². The van der Waals surface area contributed by atoms with Crippen molar-refractivity contribution >= 4 is 34.5 Å². The Hall–Kier alpha value is -3.95. The molecule has 0 unspecified atom stereocenters. The molecule has 4 heterocycles. The number of allylic oxidation sites excluding steroid dienone is 1. The number of benzene rings is 1. The van der Waals surface area contributed by atoms with E-state index in [1.807, 2.05) is 31.2 Å². The minimum absolute atomic E-state index is 0.0371. The third-order valence-electron chi connectivity index (χ3n) is 6.50.